The largest absolute Gasteiger partial charge is 0.0795 e. The first-order valence-electron chi connectivity index (χ1n) is 12.5. The fraction of sp³-hybridized carbons (Fsp3) is 0.118. The molecule has 0 fully saturated rings. The molecular weight excluding hydrogens is 408 g/mol. The molecule has 0 atom stereocenters. The van der Waals surface area contributed by atoms with Gasteiger partial charge in [0.25, 0.3) is 0 Å². The maximum atomic E-state index is 2.50. The third kappa shape index (κ3) is 2.23. The lowest BCUT2D eigenvalue weighted by atomic mass is 9.95. The van der Waals surface area contributed by atoms with Crippen LogP contribution in [0.1, 0.15) is 44.5 Å². The number of hydrogen-bond donors (Lipinski definition) is 0. The molecule has 0 nitrogen and oxygen atoms in total. The normalized spacial score (nSPS) is 15.5. The van der Waals surface area contributed by atoms with Crippen molar-refractivity contribution in [2.75, 3.05) is 0 Å². The van der Waals surface area contributed by atoms with Gasteiger partial charge in [-0.25, -0.2) is 0 Å². The zero-order valence-corrected chi connectivity index (χ0v) is 18.9. The number of benzene rings is 5. The highest BCUT2D eigenvalue weighted by Crippen LogP contribution is 2.47. The third-order valence-electron chi connectivity index (χ3n) is 8.58. The fourth-order valence-corrected chi connectivity index (χ4v) is 6.90. The van der Waals surface area contributed by atoms with Crippen LogP contribution in [0.4, 0.5) is 0 Å². The van der Waals surface area contributed by atoms with E-state index in [1.54, 1.807) is 0 Å². The van der Waals surface area contributed by atoms with Gasteiger partial charge < -0.3 is 0 Å². The Balaban J connectivity index is 1.19. The lowest BCUT2D eigenvalue weighted by Gasteiger charge is -2.09. The summed E-state index contributed by atoms with van der Waals surface area (Å²) >= 11 is 0. The van der Waals surface area contributed by atoms with Crippen molar-refractivity contribution in [2.45, 2.75) is 25.7 Å². The van der Waals surface area contributed by atoms with Gasteiger partial charge in [0.2, 0.25) is 0 Å². The topological polar surface area (TPSA) is 0 Å². The smallest absolute Gasteiger partial charge is 0.00130 e. The molecule has 0 saturated carbocycles. The van der Waals surface area contributed by atoms with Gasteiger partial charge in [-0.1, -0.05) is 48.6 Å². The van der Waals surface area contributed by atoms with Crippen LogP contribution >= 0.6 is 0 Å². The third-order valence-corrected chi connectivity index (χ3v) is 8.58. The van der Waals surface area contributed by atoms with Crippen LogP contribution in [-0.2, 0) is 25.7 Å². The highest BCUT2D eigenvalue weighted by molar-refractivity contribution is 5.97. The molecule has 34 heavy (non-hydrogen) atoms. The van der Waals surface area contributed by atoms with Crippen LogP contribution in [0.15, 0.2) is 72.8 Å². The van der Waals surface area contributed by atoms with Crippen LogP contribution < -0.4 is 0 Å². The number of fused-ring (bicyclic) bond motifs is 10. The molecule has 0 unspecified atom stereocenters. The molecule has 0 amide bonds. The van der Waals surface area contributed by atoms with Crippen LogP contribution in [0.2, 0.25) is 0 Å². The molecule has 0 saturated heterocycles. The maximum Gasteiger partial charge on any atom is -0.00130 e. The number of allylic oxidation sites excluding steroid dienone is 2. The predicted molar refractivity (Wildman–Crippen MR) is 143 cm³/mol. The lowest BCUT2D eigenvalue weighted by Crippen LogP contribution is -1.87. The molecule has 0 heterocycles. The SMILES string of the molecule is C1=Cc2cc3cc4c(cc3cc2C1)-c1cc2c(cc1C4)-c1cc3cc4c(cc3cc1C2)C=CC4. The van der Waals surface area contributed by atoms with E-state index >= 15 is 0 Å². The van der Waals surface area contributed by atoms with Crippen molar-refractivity contribution < 1.29 is 0 Å². The zero-order valence-electron chi connectivity index (χ0n) is 18.9. The minimum Gasteiger partial charge on any atom is -0.0795 e. The molecule has 0 bridgehead atoms. The van der Waals surface area contributed by atoms with Crippen LogP contribution in [0.5, 0.6) is 0 Å². The summed E-state index contributed by atoms with van der Waals surface area (Å²) in [6.45, 7) is 0. The molecule has 0 heteroatoms. The lowest BCUT2D eigenvalue weighted by molar-refractivity contribution is 1.24. The fourth-order valence-electron chi connectivity index (χ4n) is 6.90. The zero-order chi connectivity index (χ0) is 22.0. The molecule has 0 aliphatic heterocycles. The molecule has 5 aromatic carbocycles. The van der Waals surface area contributed by atoms with Gasteiger partial charge in [-0.15, -0.1) is 0 Å². The highest BCUT2D eigenvalue weighted by atomic mass is 14.3. The summed E-state index contributed by atoms with van der Waals surface area (Å²) in [7, 11) is 0. The van der Waals surface area contributed by atoms with E-state index < -0.39 is 0 Å². The molecule has 0 aromatic heterocycles. The summed E-state index contributed by atoms with van der Waals surface area (Å²) in [6.07, 6.45) is 13.3. The molecule has 4 aliphatic rings. The molecule has 9 rings (SSSR count). The first-order valence-corrected chi connectivity index (χ1v) is 12.5. The van der Waals surface area contributed by atoms with Crippen molar-refractivity contribution in [1.82, 2.24) is 0 Å². The highest BCUT2D eigenvalue weighted by Gasteiger charge is 2.26. The number of rotatable bonds is 0. The summed E-state index contributed by atoms with van der Waals surface area (Å²) in [5.41, 5.74) is 17.5. The number of hydrogen-bond acceptors (Lipinski definition) is 0. The minimum absolute atomic E-state index is 1.04. The Morgan fingerprint density at radius 1 is 0.353 bits per heavy atom. The second kappa shape index (κ2) is 5.96. The van der Waals surface area contributed by atoms with Gasteiger partial charge in [0.15, 0.2) is 0 Å². The van der Waals surface area contributed by atoms with E-state index in [0.717, 1.165) is 25.7 Å². The van der Waals surface area contributed by atoms with E-state index in [1.165, 1.54) is 88.3 Å². The van der Waals surface area contributed by atoms with Gasteiger partial charge in [0, 0.05) is 0 Å². The second-order valence-corrected chi connectivity index (χ2v) is 10.5. The monoisotopic (exact) mass is 430 g/mol. The molecule has 158 valence electrons. The molecule has 0 spiro atoms. The first-order chi connectivity index (χ1) is 16.8. The van der Waals surface area contributed by atoms with Gasteiger partial charge in [-0.3, -0.25) is 0 Å². The van der Waals surface area contributed by atoms with Gasteiger partial charge in [-0.05, 0) is 150 Å². The van der Waals surface area contributed by atoms with E-state index in [9.17, 15) is 0 Å². The Labute approximate surface area is 198 Å². The van der Waals surface area contributed by atoms with Crippen molar-refractivity contribution >= 4 is 33.7 Å². The van der Waals surface area contributed by atoms with Crippen molar-refractivity contribution in [3.05, 3.63) is 117 Å². The van der Waals surface area contributed by atoms with Gasteiger partial charge >= 0.3 is 0 Å². The van der Waals surface area contributed by atoms with Gasteiger partial charge in [0.1, 0.15) is 0 Å². The summed E-state index contributed by atoms with van der Waals surface area (Å²) < 4.78 is 0. The summed E-state index contributed by atoms with van der Waals surface area (Å²) in [5.74, 6) is 0. The molecule has 5 aromatic rings. The van der Waals surface area contributed by atoms with Crippen LogP contribution in [-0.4, -0.2) is 0 Å². The van der Waals surface area contributed by atoms with E-state index in [2.05, 4.69) is 85.0 Å². The molecule has 4 aliphatic carbocycles. The van der Waals surface area contributed by atoms with Gasteiger partial charge in [0.05, 0.1) is 0 Å². The summed E-state index contributed by atoms with van der Waals surface area (Å²) in [6, 6.07) is 24.4. The van der Waals surface area contributed by atoms with E-state index in [-0.39, 0.29) is 0 Å². The molecule has 0 N–H and O–H groups in total. The Kier molecular flexibility index (Phi) is 3.08. The minimum atomic E-state index is 1.04. The van der Waals surface area contributed by atoms with E-state index in [0.29, 0.717) is 0 Å². The van der Waals surface area contributed by atoms with Crippen LogP contribution in [0.25, 0.3) is 56.0 Å². The van der Waals surface area contributed by atoms with Crippen LogP contribution in [0, 0.1) is 0 Å². The van der Waals surface area contributed by atoms with Crippen LogP contribution in [0.3, 0.4) is 0 Å². The second-order valence-electron chi connectivity index (χ2n) is 10.5. The van der Waals surface area contributed by atoms with Crippen molar-refractivity contribution in [3.63, 3.8) is 0 Å². The average molecular weight is 431 g/mol. The van der Waals surface area contributed by atoms with Crippen molar-refractivity contribution in [2.24, 2.45) is 0 Å². The first kappa shape index (κ1) is 17.6. The predicted octanol–water partition coefficient (Wildman–Crippen LogP) is 8.27. The summed E-state index contributed by atoms with van der Waals surface area (Å²) in [5, 5.41) is 5.52. The Bertz CT molecular complexity index is 1700. The molecule has 0 radical (unpaired) electrons. The van der Waals surface area contributed by atoms with E-state index in [4.69, 9.17) is 0 Å². The van der Waals surface area contributed by atoms with Crippen molar-refractivity contribution in [3.8, 4) is 22.3 Å². The Morgan fingerprint density at radius 3 is 1.24 bits per heavy atom. The summed E-state index contributed by atoms with van der Waals surface area (Å²) in [4.78, 5) is 0. The van der Waals surface area contributed by atoms with E-state index in [1.807, 2.05) is 0 Å². The standard InChI is InChI=1S/C34H22/c1-3-19-7-23-11-27-13-29-18-34-30(17-33(29)31(27)15-25(23)9-21(19)5-1)14-28-12-24-8-20-4-2-6-22(20)10-26(24)16-32(28)34/h1-4,7-12,15-18H,5-6,13-14H2. The average Bonchev–Trinajstić information content (AvgIpc) is 3.61. The quantitative estimate of drug-likeness (QED) is 0.227. The van der Waals surface area contributed by atoms with Crippen molar-refractivity contribution in [1.29, 1.82) is 0 Å². The maximum absolute atomic E-state index is 2.50. The Hall–Kier alpha value is -3.90. The van der Waals surface area contributed by atoms with Gasteiger partial charge in [-0.2, -0.15) is 0 Å². The Morgan fingerprint density at radius 2 is 0.735 bits per heavy atom. The molecular formula is C34H22.